The van der Waals surface area contributed by atoms with Crippen LogP contribution < -0.4 is 0 Å². The Labute approximate surface area is 301 Å². The molecule has 7 nitrogen and oxygen atoms in total. The fourth-order valence-corrected chi connectivity index (χ4v) is 6.75. The van der Waals surface area contributed by atoms with Crippen LogP contribution in [0.25, 0.3) is 5.57 Å². The Bertz CT molecular complexity index is 1300. The Balaban J connectivity index is 0.000000497. The molecule has 2 aromatic rings. The third-order valence-corrected chi connectivity index (χ3v) is 10.3. The van der Waals surface area contributed by atoms with E-state index < -0.39 is 33.7 Å². The average molecular weight is 667 g/mol. The van der Waals surface area contributed by atoms with E-state index in [1.54, 1.807) is 0 Å². The minimum atomic E-state index is -4.76. The van der Waals surface area contributed by atoms with Gasteiger partial charge in [-0.3, -0.25) is 14.1 Å². The molecule has 0 fully saturated rings. The topological polar surface area (TPSA) is 107 Å². The summed E-state index contributed by atoms with van der Waals surface area (Å²) in [6, 6.07) is 19.5. The number of unbranched alkanes of at least 4 members (excludes halogenated alkanes) is 2. The van der Waals surface area contributed by atoms with E-state index in [4.69, 9.17) is 9.47 Å². The molecule has 10 heteroatoms. The Kier molecular flexibility index (Phi) is 20.5. The predicted octanol–water partition coefficient (Wildman–Crippen LogP) is 6.31. The zero-order chi connectivity index (χ0) is 32.5. The summed E-state index contributed by atoms with van der Waals surface area (Å²) in [5, 5.41) is -1.95. The SMILES string of the molecule is CCCCC(CC)COC(=O)CC(C(=O)OCC(CC)CCCC)S(=O)(=O)O.[AlH2][CH]1C=C(c2ccccc2)c2ccccc21.[NaH]. The van der Waals surface area contributed by atoms with Crippen molar-refractivity contribution in [2.24, 2.45) is 11.8 Å². The second-order valence-corrected chi connectivity index (χ2v) is 14.5. The molecule has 4 unspecified atom stereocenters. The summed E-state index contributed by atoms with van der Waals surface area (Å²) in [5.74, 6) is -1.61. The van der Waals surface area contributed by atoms with Crippen molar-refractivity contribution in [3.05, 3.63) is 77.4 Å². The first-order chi connectivity index (χ1) is 21.0. The second-order valence-electron chi connectivity index (χ2n) is 11.7. The predicted molar refractivity (Wildman–Crippen MR) is 187 cm³/mol. The number of hydrogen-bond donors (Lipinski definition) is 1. The van der Waals surface area contributed by atoms with E-state index in [1.165, 1.54) is 38.6 Å². The van der Waals surface area contributed by atoms with E-state index in [0.29, 0.717) is 4.78 Å². The molecule has 0 bridgehead atoms. The van der Waals surface area contributed by atoms with Crippen molar-refractivity contribution in [2.75, 3.05) is 13.2 Å². The van der Waals surface area contributed by atoms with E-state index in [-0.39, 0.29) is 54.6 Å². The molecule has 0 radical (unpaired) electrons. The van der Waals surface area contributed by atoms with Gasteiger partial charge >= 0.3 is 41.5 Å². The molecule has 0 amide bonds. The van der Waals surface area contributed by atoms with Gasteiger partial charge in [-0.05, 0) is 51.7 Å². The van der Waals surface area contributed by atoms with Crippen LogP contribution in [0.1, 0.15) is 107 Å². The summed E-state index contributed by atoms with van der Waals surface area (Å²) in [7, 11) is -4.76. The Morgan fingerprint density at radius 1 is 0.844 bits per heavy atom. The number of benzene rings is 2. The van der Waals surface area contributed by atoms with Gasteiger partial charge in [-0.1, -0.05) is 127 Å². The van der Waals surface area contributed by atoms with Crippen molar-refractivity contribution in [3.8, 4) is 0 Å². The van der Waals surface area contributed by atoms with Crippen LogP contribution in [-0.2, 0) is 29.2 Å². The second kappa shape index (κ2) is 22.2. The van der Waals surface area contributed by atoms with Gasteiger partial charge in [0, 0.05) is 0 Å². The van der Waals surface area contributed by atoms with Crippen LogP contribution in [0.3, 0.4) is 0 Å². The van der Waals surface area contributed by atoms with E-state index in [2.05, 4.69) is 74.5 Å². The first-order valence-electron chi connectivity index (χ1n) is 16.2. The molecule has 1 N–H and O–H groups in total. The normalized spacial score (nSPS) is 15.7. The molecule has 1 aliphatic rings. The molecule has 1 aliphatic carbocycles. The number of ether oxygens (including phenoxy) is 2. The van der Waals surface area contributed by atoms with Crippen LogP contribution >= 0.6 is 0 Å². The molecule has 2 aromatic carbocycles. The van der Waals surface area contributed by atoms with Crippen LogP contribution in [0.5, 0.6) is 0 Å². The molecule has 3 rings (SSSR count). The van der Waals surface area contributed by atoms with Gasteiger partial charge in [-0.15, -0.1) is 0 Å². The van der Waals surface area contributed by atoms with E-state index in [0.717, 1.165) is 51.4 Å². The number of fused-ring (bicyclic) bond motifs is 1. The Morgan fingerprint density at radius 3 is 1.91 bits per heavy atom. The standard InChI is InChI=1S/C20H38O7S.C15H11.Al.Na.3H/c1-5-9-11-16(7-3)14-26-19(21)13-18(28(23,24)25)20(22)27-15-17(8-4)12-10-6-2;1-2-6-12(7-3-1)15-11-10-13-8-4-5-9-14(13)15;;;;;/h16-18H,5-15H2,1-4H3,(H,23,24,25);1-11H;;;;;. The number of carbonyl (C=O) groups excluding carboxylic acids is 2. The zero-order valence-corrected chi connectivity index (χ0v) is 30.0. The first kappa shape index (κ1) is 41.6. The molecule has 0 aliphatic heterocycles. The van der Waals surface area contributed by atoms with E-state index in [9.17, 15) is 22.6 Å². The van der Waals surface area contributed by atoms with Gasteiger partial charge in [0.15, 0.2) is 5.25 Å². The zero-order valence-electron chi connectivity index (χ0n) is 27.2. The molecule has 4 atom stereocenters. The van der Waals surface area contributed by atoms with Crippen LogP contribution in [0, 0.1) is 11.8 Å². The van der Waals surface area contributed by atoms with Gasteiger partial charge in [-0.25, -0.2) is 0 Å². The van der Waals surface area contributed by atoms with Gasteiger partial charge in [0.1, 0.15) is 0 Å². The summed E-state index contributed by atoms with van der Waals surface area (Å²) in [6.45, 7) is 8.35. The fourth-order valence-electron chi connectivity index (χ4n) is 5.26. The number of esters is 2. The monoisotopic (exact) mass is 666 g/mol. The number of hydrogen-bond acceptors (Lipinski definition) is 6. The van der Waals surface area contributed by atoms with Crippen molar-refractivity contribution >= 4 is 73.5 Å². The van der Waals surface area contributed by atoms with Crippen molar-refractivity contribution in [1.29, 1.82) is 0 Å². The maximum absolute atomic E-state index is 12.2. The molecule has 0 saturated heterocycles. The summed E-state index contributed by atoms with van der Waals surface area (Å²) in [6.07, 6.45) is 9.16. The molecule has 0 spiro atoms. The van der Waals surface area contributed by atoms with Crippen molar-refractivity contribution in [1.82, 2.24) is 0 Å². The van der Waals surface area contributed by atoms with Gasteiger partial charge < -0.3 is 9.47 Å². The Morgan fingerprint density at radius 2 is 1.38 bits per heavy atom. The summed E-state index contributed by atoms with van der Waals surface area (Å²) in [5.41, 5.74) is 5.69. The van der Waals surface area contributed by atoms with Crippen molar-refractivity contribution < 1.29 is 32.0 Å². The quantitative estimate of drug-likeness (QED) is 0.120. The van der Waals surface area contributed by atoms with Crippen LogP contribution in [0.2, 0.25) is 0 Å². The molecule has 0 saturated carbocycles. The molecule has 244 valence electrons. The molecule has 0 aromatic heterocycles. The number of carbonyl (C=O) groups is 2. The molecular weight excluding hydrogens is 614 g/mol. The maximum atomic E-state index is 12.2. The fraction of sp³-hybridized carbons (Fsp3) is 0.543. The average Bonchev–Trinajstić information content (AvgIpc) is 3.36. The van der Waals surface area contributed by atoms with E-state index in [1.807, 2.05) is 13.8 Å². The van der Waals surface area contributed by atoms with Crippen molar-refractivity contribution in [2.45, 2.75) is 95.5 Å². The number of allylic oxidation sites excluding steroid dienone is 1. The minimum absolute atomic E-state index is 0. The summed E-state index contributed by atoms with van der Waals surface area (Å²) in [4.78, 5) is 24.2. The van der Waals surface area contributed by atoms with Gasteiger partial charge in [0.05, 0.1) is 19.6 Å². The summed E-state index contributed by atoms with van der Waals surface area (Å²) < 4.78 is 43.4. The number of rotatable bonds is 17. The van der Waals surface area contributed by atoms with Crippen LogP contribution in [0.15, 0.2) is 60.7 Å². The molecule has 0 heterocycles. The third-order valence-electron chi connectivity index (χ3n) is 8.25. The first-order valence-corrected chi connectivity index (χ1v) is 18.9. The van der Waals surface area contributed by atoms with Gasteiger partial charge in [0.2, 0.25) is 16.3 Å². The van der Waals surface area contributed by atoms with Gasteiger partial charge in [-0.2, -0.15) is 8.42 Å². The van der Waals surface area contributed by atoms with Crippen LogP contribution in [0.4, 0.5) is 0 Å². The Hall–Kier alpha value is -1.44. The molecule has 45 heavy (non-hydrogen) atoms. The molecular formula is C35H52AlNaO7S. The van der Waals surface area contributed by atoms with Gasteiger partial charge in [0.25, 0.3) is 10.1 Å². The van der Waals surface area contributed by atoms with Crippen molar-refractivity contribution in [3.63, 3.8) is 0 Å². The third kappa shape index (κ3) is 14.5. The summed E-state index contributed by atoms with van der Waals surface area (Å²) >= 11 is 1.19. The van der Waals surface area contributed by atoms with E-state index >= 15 is 0 Å². The van der Waals surface area contributed by atoms with Crippen LogP contribution in [-0.4, -0.2) is 89.2 Å².